The quantitative estimate of drug-likeness (QED) is 0.448. The van der Waals surface area contributed by atoms with Gasteiger partial charge in [0.2, 0.25) is 5.89 Å². The summed E-state index contributed by atoms with van der Waals surface area (Å²) in [5.41, 5.74) is 3.83. The van der Waals surface area contributed by atoms with Crippen molar-refractivity contribution in [2.24, 2.45) is 5.92 Å². The maximum Gasteiger partial charge on any atom is 0.266 e. The molecular weight excluding hydrogens is 376 g/mol. The first-order valence-corrected chi connectivity index (χ1v) is 9.61. The first-order valence-electron chi connectivity index (χ1n) is 9.61. The molecule has 0 saturated carbocycles. The number of hydrogen-bond donors (Lipinski definition) is 3. The van der Waals surface area contributed by atoms with Crippen LogP contribution in [-0.4, -0.2) is 22.3 Å². The van der Waals surface area contributed by atoms with Crippen molar-refractivity contribution in [1.82, 2.24) is 10.3 Å². The fourth-order valence-corrected chi connectivity index (χ4v) is 3.84. The summed E-state index contributed by atoms with van der Waals surface area (Å²) in [5.74, 6) is -0.590. The van der Waals surface area contributed by atoms with Crippen molar-refractivity contribution in [3.63, 3.8) is 0 Å². The van der Waals surface area contributed by atoms with Gasteiger partial charge < -0.3 is 15.1 Å². The summed E-state index contributed by atoms with van der Waals surface area (Å²) in [6.45, 7) is 0. The van der Waals surface area contributed by atoms with E-state index in [-0.39, 0.29) is 11.4 Å². The monoisotopic (exact) mass is 394 g/mol. The predicted octanol–water partition coefficient (Wildman–Crippen LogP) is 4.37. The third-order valence-corrected chi connectivity index (χ3v) is 5.36. The SMILES string of the molecule is N=C1C(=O)NC(c2ccc3oc(-c4ccccc4)nc3c2)C1C(=N)c1ccccc1. The molecule has 1 saturated heterocycles. The topological polar surface area (TPSA) is 103 Å². The number of benzene rings is 3. The minimum absolute atomic E-state index is 0.0981. The van der Waals surface area contributed by atoms with E-state index in [1.807, 2.05) is 78.9 Å². The molecule has 6 heteroatoms. The average Bonchev–Trinajstić information content (AvgIpc) is 3.35. The smallest absolute Gasteiger partial charge is 0.266 e. The van der Waals surface area contributed by atoms with Gasteiger partial charge in [0.05, 0.1) is 17.7 Å². The zero-order valence-corrected chi connectivity index (χ0v) is 15.9. The van der Waals surface area contributed by atoms with Gasteiger partial charge in [-0.2, -0.15) is 0 Å². The molecule has 0 radical (unpaired) electrons. The highest BCUT2D eigenvalue weighted by Gasteiger charge is 2.42. The number of aromatic nitrogens is 1. The number of nitrogens with zero attached hydrogens (tertiary/aromatic N) is 1. The number of oxazole rings is 1. The highest BCUT2D eigenvalue weighted by Crippen LogP contribution is 2.33. The standard InChI is InChI=1S/C24H18N4O2/c25-20(14-7-3-1-4-8-14)19-21(26)23(29)28-22(19)16-11-12-18-17(13-16)27-24(30-18)15-9-5-2-6-10-15/h1-13,19,22,25-26H,(H,28,29). The van der Waals surface area contributed by atoms with E-state index in [1.165, 1.54) is 0 Å². The molecule has 1 aromatic heterocycles. The van der Waals surface area contributed by atoms with Crippen LogP contribution in [0.15, 0.2) is 83.3 Å². The van der Waals surface area contributed by atoms with E-state index in [9.17, 15) is 4.79 Å². The fourth-order valence-electron chi connectivity index (χ4n) is 3.84. The molecule has 3 N–H and O–H groups in total. The van der Waals surface area contributed by atoms with Crippen LogP contribution in [0.1, 0.15) is 17.2 Å². The lowest BCUT2D eigenvalue weighted by atomic mass is 9.85. The summed E-state index contributed by atoms with van der Waals surface area (Å²) in [6, 6.07) is 23.9. The first-order chi connectivity index (χ1) is 14.6. The first kappa shape index (κ1) is 18.0. The van der Waals surface area contributed by atoms with Gasteiger partial charge >= 0.3 is 0 Å². The third-order valence-electron chi connectivity index (χ3n) is 5.36. The summed E-state index contributed by atoms with van der Waals surface area (Å²) in [4.78, 5) is 16.9. The largest absolute Gasteiger partial charge is 0.436 e. The molecule has 5 rings (SSSR count). The van der Waals surface area contributed by atoms with Crippen LogP contribution in [0.4, 0.5) is 0 Å². The lowest BCUT2D eigenvalue weighted by molar-refractivity contribution is -0.114. The van der Waals surface area contributed by atoms with Gasteiger partial charge in [-0.3, -0.25) is 10.2 Å². The zero-order valence-electron chi connectivity index (χ0n) is 15.9. The average molecular weight is 394 g/mol. The van der Waals surface area contributed by atoms with Crippen molar-refractivity contribution in [2.45, 2.75) is 6.04 Å². The predicted molar refractivity (Wildman–Crippen MR) is 115 cm³/mol. The molecule has 4 aromatic rings. The summed E-state index contributed by atoms with van der Waals surface area (Å²) in [6.07, 6.45) is 0. The van der Waals surface area contributed by atoms with E-state index in [2.05, 4.69) is 10.3 Å². The van der Waals surface area contributed by atoms with Crippen LogP contribution in [-0.2, 0) is 4.79 Å². The van der Waals surface area contributed by atoms with Crippen molar-refractivity contribution in [3.05, 3.63) is 90.0 Å². The van der Waals surface area contributed by atoms with Crippen molar-refractivity contribution in [1.29, 1.82) is 10.8 Å². The molecule has 2 unspecified atom stereocenters. The van der Waals surface area contributed by atoms with E-state index < -0.39 is 17.9 Å². The van der Waals surface area contributed by atoms with Crippen LogP contribution < -0.4 is 5.32 Å². The van der Waals surface area contributed by atoms with Crippen molar-refractivity contribution in [2.75, 3.05) is 0 Å². The highest BCUT2D eigenvalue weighted by atomic mass is 16.3. The second-order valence-electron chi connectivity index (χ2n) is 7.23. The molecule has 2 atom stereocenters. The Hall–Kier alpha value is -4.06. The molecule has 1 fully saturated rings. The Morgan fingerprint density at radius 1 is 0.967 bits per heavy atom. The van der Waals surface area contributed by atoms with E-state index in [4.69, 9.17) is 15.2 Å². The second-order valence-corrected chi connectivity index (χ2v) is 7.23. The number of rotatable bonds is 4. The molecule has 146 valence electrons. The number of fused-ring (bicyclic) bond motifs is 1. The Labute approximate surface area is 172 Å². The Kier molecular flexibility index (Phi) is 4.25. The normalized spacial score (nSPS) is 18.5. The van der Waals surface area contributed by atoms with Gasteiger partial charge in [0.1, 0.15) is 11.2 Å². The number of hydrogen-bond acceptors (Lipinski definition) is 5. The summed E-state index contributed by atoms with van der Waals surface area (Å²) in [5, 5.41) is 19.8. The van der Waals surface area contributed by atoms with E-state index in [0.29, 0.717) is 22.6 Å². The molecule has 1 aliphatic rings. The van der Waals surface area contributed by atoms with Gasteiger partial charge in [-0.1, -0.05) is 54.6 Å². The van der Waals surface area contributed by atoms with Gasteiger partial charge in [-0.25, -0.2) is 4.98 Å². The van der Waals surface area contributed by atoms with Gasteiger partial charge in [0.25, 0.3) is 5.91 Å². The van der Waals surface area contributed by atoms with Crippen LogP contribution in [0.3, 0.4) is 0 Å². The lowest BCUT2D eigenvalue weighted by Crippen LogP contribution is -2.26. The molecule has 1 amide bonds. The van der Waals surface area contributed by atoms with Crippen molar-refractivity contribution >= 4 is 28.4 Å². The molecule has 30 heavy (non-hydrogen) atoms. The number of carbonyl (C=O) groups is 1. The maximum atomic E-state index is 12.3. The minimum Gasteiger partial charge on any atom is -0.436 e. The Balaban J connectivity index is 1.53. The van der Waals surface area contributed by atoms with Crippen molar-refractivity contribution in [3.8, 4) is 11.5 Å². The minimum atomic E-state index is -0.669. The Morgan fingerprint density at radius 3 is 2.40 bits per heavy atom. The number of amides is 1. The second kappa shape index (κ2) is 7.08. The molecule has 0 bridgehead atoms. The molecule has 3 aromatic carbocycles. The van der Waals surface area contributed by atoms with Crippen LogP contribution in [0, 0.1) is 16.7 Å². The van der Waals surface area contributed by atoms with Gasteiger partial charge in [-0.05, 0) is 35.4 Å². The molecular formula is C24H18N4O2. The number of carbonyl (C=O) groups excluding carboxylic acids is 1. The molecule has 1 aliphatic heterocycles. The highest BCUT2D eigenvalue weighted by molar-refractivity contribution is 6.45. The van der Waals surface area contributed by atoms with Gasteiger partial charge in [-0.15, -0.1) is 0 Å². The molecule has 0 spiro atoms. The van der Waals surface area contributed by atoms with Gasteiger partial charge in [0, 0.05) is 5.56 Å². The lowest BCUT2D eigenvalue weighted by Gasteiger charge is -2.20. The Morgan fingerprint density at radius 2 is 1.67 bits per heavy atom. The maximum absolute atomic E-state index is 12.3. The summed E-state index contributed by atoms with van der Waals surface area (Å²) in [7, 11) is 0. The number of nitrogens with one attached hydrogen (secondary N) is 3. The van der Waals surface area contributed by atoms with Gasteiger partial charge in [0.15, 0.2) is 5.58 Å². The fraction of sp³-hybridized carbons (Fsp3) is 0.0833. The van der Waals surface area contributed by atoms with Crippen LogP contribution in [0.5, 0.6) is 0 Å². The Bertz CT molecular complexity index is 1280. The van der Waals surface area contributed by atoms with Crippen LogP contribution in [0.25, 0.3) is 22.6 Å². The molecule has 6 nitrogen and oxygen atoms in total. The van der Waals surface area contributed by atoms with Crippen LogP contribution in [0.2, 0.25) is 0 Å². The van der Waals surface area contributed by atoms with E-state index in [0.717, 1.165) is 11.1 Å². The summed E-state index contributed by atoms with van der Waals surface area (Å²) < 4.78 is 5.87. The third kappa shape index (κ3) is 2.99. The zero-order chi connectivity index (χ0) is 20.7. The molecule has 0 aliphatic carbocycles. The van der Waals surface area contributed by atoms with E-state index in [1.54, 1.807) is 0 Å². The van der Waals surface area contributed by atoms with Crippen molar-refractivity contribution < 1.29 is 9.21 Å². The summed E-state index contributed by atoms with van der Waals surface area (Å²) >= 11 is 0. The van der Waals surface area contributed by atoms with E-state index >= 15 is 0 Å². The molecule has 2 heterocycles. The van der Waals surface area contributed by atoms with Crippen LogP contribution >= 0.6 is 0 Å².